The standard InChI is InChI=1S/C51H68O10/c1-6-10-12-16-23-44(58-48(52)8-3)25-18-14-20-37-56-42-33-29-40(30-34-42)50(54)60-46-27-22-28-47(39(46)5)61-51(55)41-31-35-43(36-32-41)57-38-21-15-19-26-45(59-49(53)9-4)24-17-13-11-7-2/h8-9,22,27-36,44-45H,3-4,6-7,10-21,23-26,37-38H2,1-2,5H3. The molecule has 0 aliphatic heterocycles. The second-order valence-electron chi connectivity index (χ2n) is 15.3. The second kappa shape index (κ2) is 29.8. The molecular formula is C51H68O10. The lowest BCUT2D eigenvalue weighted by atomic mass is 10.0. The van der Waals surface area contributed by atoms with E-state index in [1.165, 1.54) is 37.8 Å². The molecule has 0 spiro atoms. The second-order valence-corrected chi connectivity index (χ2v) is 15.3. The Bertz CT molecular complexity index is 1640. The largest absolute Gasteiger partial charge is 0.494 e. The van der Waals surface area contributed by atoms with Crippen molar-refractivity contribution < 1.29 is 47.6 Å². The molecule has 0 aliphatic rings. The van der Waals surface area contributed by atoms with E-state index in [0.29, 0.717) is 41.4 Å². The van der Waals surface area contributed by atoms with Crippen LogP contribution in [0.4, 0.5) is 0 Å². The maximum atomic E-state index is 13.0. The molecule has 332 valence electrons. The van der Waals surface area contributed by atoms with Crippen LogP contribution in [0.15, 0.2) is 92.0 Å². The monoisotopic (exact) mass is 840 g/mol. The van der Waals surface area contributed by atoms with Gasteiger partial charge in [0, 0.05) is 17.7 Å². The van der Waals surface area contributed by atoms with Crippen molar-refractivity contribution in [3.8, 4) is 23.0 Å². The minimum absolute atomic E-state index is 0.0802. The van der Waals surface area contributed by atoms with E-state index in [-0.39, 0.29) is 35.6 Å². The zero-order valence-electron chi connectivity index (χ0n) is 36.8. The number of esters is 4. The third-order valence-corrected chi connectivity index (χ3v) is 10.4. The lowest BCUT2D eigenvalue weighted by Gasteiger charge is -2.17. The van der Waals surface area contributed by atoms with Crippen molar-refractivity contribution in [3.05, 3.63) is 109 Å². The quantitative estimate of drug-likeness (QED) is 0.0260. The lowest BCUT2D eigenvalue weighted by Crippen LogP contribution is -2.17. The van der Waals surface area contributed by atoms with Gasteiger partial charge in [0.2, 0.25) is 0 Å². The molecule has 0 amide bonds. The normalized spacial score (nSPS) is 11.8. The van der Waals surface area contributed by atoms with Crippen LogP contribution in [0, 0.1) is 6.92 Å². The number of ether oxygens (including phenoxy) is 6. The van der Waals surface area contributed by atoms with Crippen molar-refractivity contribution in [2.45, 2.75) is 149 Å². The number of rotatable bonds is 32. The highest BCUT2D eigenvalue weighted by atomic mass is 16.6. The van der Waals surface area contributed by atoms with Crippen molar-refractivity contribution in [1.82, 2.24) is 0 Å². The van der Waals surface area contributed by atoms with Crippen LogP contribution >= 0.6 is 0 Å². The van der Waals surface area contributed by atoms with Gasteiger partial charge in [-0.1, -0.05) is 71.6 Å². The summed E-state index contributed by atoms with van der Waals surface area (Å²) in [5.74, 6) is 0.0227. The van der Waals surface area contributed by atoms with Crippen molar-refractivity contribution >= 4 is 23.9 Å². The zero-order valence-corrected chi connectivity index (χ0v) is 36.8. The Labute approximate surface area is 364 Å². The molecule has 3 rings (SSSR count). The van der Waals surface area contributed by atoms with Crippen LogP contribution in [0.3, 0.4) is 0 Å². The molecule has 2 atom stereocenters. The first-order chi connectivity index (χ1) is 29.7. The molecule has 3 aromatic rings. The fraction of sp³-hybridized carbons (Fsp3) is 0.490. The maximum absolute atomic E-state index is 13.0. The Hall–Kier alpha value is -5.38. The summed E-state index contributed by atoms with van der Waals surface area (Å²) in [6.07, 6.45) is 20.2. The molecule has 0 heterocycles. The summed E-state index contributed by atoms with van der Waals surface area (Å²) in [4.78, 5) is 49.6. The topological polar surface area (TPSA) is 124 Å². The first kappa shape index (κ1) is 50.0. The number of hydrogen-bond acceptors (Lipinski definition) is 10. The number of hydrogen-bond donors (Lipinski definition) is 0. The van der Waals surface area contributed by atoms with Crippen molar-refractivity contribution in [3.63, 3.8) is 0 Å². The summed E-state index contributed by atoms with van der Waals surface area (Å²) >= 11 is 0. The molecular weight excluding hydrogens is 773 g/mol. The Balaban J connectivity index is 1.38. The maximum Gasteiger partial charge on any atom is 0.343 e. The molecule has 0 bridgehead atoms. The van der Waals surface area contributed by atoms with Gasteiger partial charge in [-0.15, -0.1) is 0 Å². The van der Waals surface area contributed by atoms with Crippen LogP contribution in [-0.4, -0.2) is 49.3 Å². The highest BCUT2D eigenvalue weighted by molar-refractivity contribution is 5.92. The minimum Gasteiger partial charge on any atom is -0.494 e. The van der Waals surface area contributed by atoms with Crippen LogP contribution in [0.1, 0.15) is 156 Å². The Morgan fingerprint density at radius 2 is 0.869 bits per heavy atom. The number of benzene rings is 3. The molecule has 0 saturated carbocycles. The zero-order chi connectivity index (χ0) is 44.1. The molecule has 0 aliphatic carbocycles. The third kappa shape index (κ3) is 20.2. The highest BCUT2D eigenvalue weighted by Crippen LogP contribution is 2.29. The average Bonchev–Trinajstić information content (AvgIpc) is 3.27. The van der Waals surface area contributed by atoms with Gasteiger partial charge in [-0.2, -0.15) is 0 Å². The van der Waals surface area contributed by atoms with Gasteiger partial charge < -0.3 is 28.4 Å². The van der Waals surface area contributed by atoms with E-state index in [0.717, 1.165) is 89.9 Å². The van der Waals surface area contributed by atoms with E-state index in [9.17, 15) is 19.2 Å². The van der Waals surface area contributed by atoms with Gasteiger partial charge in [0.15, 0.2) is 0 Å². The van der Waals surface area contributed by atoms with E-state index in [2.05, 4.69) is 27.0 Å². The fourth-order valence-electron chi connectivity index (χ4n) is 6.74. The van der Waals surface area contributed by atoms with E-state index in [4.69, 9.17) is 28.4 Å². The SMILES string of the molecule is C=CC(=O)OC(CCCCCC)CCCCCOc1ccc(C(=O)Oc2cccc(OC(=O)c3ccc(OCCCCCC(CCCCCC)OC(=O)C=C)cc3)c2C)cc1. The van der Waals surface area contributed by atoms with Gasteiger partial charge in [-0.25, -0.2) is 19.2 Å². The van der Waals surface area contributed by atoms with Crippen LogP contribution in [-0.2, 0) is 19.1 Å². The van der Waals surface area contributed by atoms with Crippen molar-refractivity contribution in [1.29, 1.82) is 0 Å². The number of carbonyl (C=O) groups is 4. The molecule has 61 heavy (non-hydrogen) atoms. The molecule has 2 unspecified atom stereocenters. The Morgan fingerprint density at radius 3 is 1.21 bits per heavy atom. The highest BCUT2D eigenvalue weighted by Gasteiger charge is 2.17. The van der Waals surface area contributed by atoms with E-state index < -0.39 is 11.9 Å². The summed E-state index contributed by atoms with van der Waals surface area (Å²) < 4.78 is 34.3. The predicted molar refractivity (Wildman–Crippen MR) is 240 cm³/mol. The van der Waals surface area contributed by atoms with Crippen molar-refractivity contribution in [2.75, 3.05) is 13.2 Å². The predicted octanol–water partition coefficient (Wildman–Crippen LogP) is 12.4. The van der Waals surface area contributed by atoms with Crippen LogP contribution in [0.25, 0.3) is 0 Å². The molecule has 10 nitrogen and oxygen atoms in total. The molecule has 3 aromatic carbocycles. The van der Waals surface area contributed by atoms with E-state index in [1.807, 2.05) is 0 Å². The van der Waals surface area contributed by atoms with Crippen LogP contribution in [0.5, 0.6) is 23.0 Å². The lowest BCUT2D eigenvalue weighted by molar-refractivity contribution is -0.144. The van der Waals surface area contributed by atoms with Gasteiger partial charge in [0.1, 0.15) is 35.2 Å². The van der Waals surface area contributed by atoms with Crippen molar-refractivity contribution in [2.24, 2.45) is 0 Å². The molecule has 10 heteroatoms. The Morgan fingerprint density at radius 1 is 0.508 bits per heavy atom. The fourth-order valence-corrected chi connectivity index (χ4v) is 6.74. The summed E-state index contributed by atoms with van der Waals surface area (Å²) in [5, 5.41) is 0. The summed E-state index contributed by atoms with van der Waals surface area (Å²) in [6.45, 7) is 14.2. The number of unbranched alkanes of at least 4 members (excludes halogenated alkanes) is 10. The molecule has 0 radical (unpaired) electrons. The summed E-state index contributed by atoms with van der Waals surface area (Å²) in [7, 11) is 0. The van der Waals surface area contributed by atoms with Gasteiger partial charge in [-0.3, -0.25) is 0 Å². The molecule has 0 fully saturated rings. The van der Waals surface area contributed by atoms with Gasteiger partial charge in [0.05, 0.1) is 24.3 Å². The van der Waals surface area contributed by atoms with Crippen LogP contribution in [0.2, 0.25) is 0 Å². The molecule has 0 saturated heterocycles. The first-order valence-electron chi connectivity index (χ1n) is 22.3. The van der Waals surface area contributed by atoms with Crippen LogP contribution < -0.4 is 18.9 Å². The van der Waals surface area contributed by atoms with E-state index >= 15 is 0 Å². The van der Waals surface area contributed by atoms with Gasteiger partial charge >= 0.3 is 23.9 Å². The average molecular weight is 841 g/mol. The first-order valence-corrected chi connectivity index (χ1v) is 22.3. The third-order valence-electron chi connectivity index (χ3n) is 10.4. The summed E-state index contributed by atoms with van der Waals surface area (Å²) in [5.41, 5.74) is 1.21. The van der Waals surface area contributed by atoms with Gasteiger partial charge in [-0.05, 0) is 145 Å². The molecule has 0 aromatic heterocycles. The smallest absolute Gasteiger partial charge is 0.343 e. The minimum atomic E-state index is -0.550. The molecule has 0 N–H and O–H groups in total. The van der Waals surface area contributed by atoms with E-state index in [1.54, 1.807) is 73.7 Å². The summed E-state index contributed by atoms with van der Waals surface area (Å²) in [6, 6.07) is 18.5. The number of carbonyl (C=O) groups excluding carboxylic acids is 4. The Kier molecular flexibility index (Phi) is 24.4. The van der Waals surface area contributed by atoms with Gasteiger partial charge in [0.25, 0.3) is 0 Å².